The first kappa shape index (κ1) is 75.0. The average Bonchev–Trinajstić information content (AvgIpc) is 1.40. The van der Waals surface area contributed by atoms with Crippen LogP contribution < -0.4 is 9.44 Å². The summed E-state index contributed by atoms with van der Waals surface area (Å²) < 4.78 is 109. The molecule has 10 aromatic rings. The first-order chi connectivity index (χ1) is 45.5. The number of aromatic nitrogens is 6. The topological polar surface area (TPSA) is 238 Å². The van der Waals surface area contributed by atoms with Gasteiger partial charge in [-0.15, -0.1) is 0 Å². The fourth-order valence-electron chi connectivity index (χ4n) is 12.3. The van der Waals surface area contributed by atoms with E-state index in [9.17, 15) is 35.8 Å². The largest absolute Gasteiger partial charge is 0.361 e. The molecular formula is C74H94N10O8S4Si2. The molecule has 98 heavy (non-hydrogen) atoms. The molecule has 6 aromatic carbocycles. The maximum Gasteiger partial charge on any atom is 0.268 e. The van der Waals surface area contributed by atoms with Gasteiger partial charge in [-0.1, -0.05) is 86.8 Å². The Labute approximate surface area is 586 Å². The predicted octanol–water partition coefficient (Wildman–Crippen LogP) is 15.3. The van der Waals surface area contributed by atoms with Crippen molar-refractivity contribution in [3.63, 3.8) is 0 Å². The molecule has 4 heterocycles. The second kappa shape index (κ2) is 28.1. The maximum absolute atomic E-state index is 14.1. The van der Waals surface area contributed by atoms with Crippen LogP contribution in [0.15, 0.2) is 131 Å². The van der Waals surface area contributed by atoms with Crippen molar-refractivity contribution in [1.29, 1.82) is 10.5 Å². The summed E-state index contributed by atoms with van der Waals surface area (Å²) in [6.45, 7) is 42.2. The number of hydrogen-bond donors (Lipinski definition) is 2. The standard InChI is InChI=1S/2C37H47N5O4S2Si/c1-25-11-14-29(15-12-25)48(44,45)42-18-17-30-33(26(2)21-27(3)34(30)42)37(7,40-47(43)36(4,5)6)35-39-31-22-28(23-38)13-16-32(31)41(35)24-46-19-20-49(8,9)10;1-25-11-14-29(15-12-25)48(44,45)42-18-17-30-33(26(2)21-27(3)34(30)42)37(7,40-47(43)36(4,5)6)35-39-31-16-13-28(23-38)22-32(31)41(35)24-46-19-20-49(8,9)10/h2*11-18,21-22,40H,19-20,24H2,1-10H3. The molecule has 4 atom stereocenters. The quantitative estimate of drug-likeness (QED) is 0.0476. The van der Waals surface area contributed by atoms with Crippen LogP contribution in [0.2, 0.25) is 51.4 Å². The van der Waals surface area contributed by atoms with Crippen LogP contribution in [0.5, 0.6) is 0 Å². The van der Waals surface area contributed by atoms with Crippen LogP contribution in [-0.2, 0) is 76.0 Å². The highest BCUT2D eigenvalue weighted by molar-refractivity contribution is 7.90. The summed E-state index contributed by atoms with van der Waals surface area (Å²) in [6, 6.07) is 38.4. The Balaban J connectivity index is 0.000000229. The number of aryl methyl sites for hydroxylation is 6. The van der Waals surface area contributed by atoms with Crippen molar-refractivity contribution in [3.05, 3.63) is 189 Å². The van der Waals surface area contributed by atoms with E-state index in [1.54, 1.807) is 85.2 Å². The Morgan fingerprint density at radius 1 is 0.490 bits per heavy atom. The number of benzene rings is 6. The summed E-state index contributed by atoms with van der Waals surface area (Å²) >= 11 is 0. The van der Waals surface area contributed by atoms with Gasteiger partial charge in [-0.3, -0.25) is 0 Å². The number of fused-ring (bicyclic) bond motifs is 4. The van der Waals surface area contributed by atoms with Gasteiger partial charge >= 0.3 is 0 Å². The molecule has 2 N–H and O–H groups in total. The Morgan fingerprint density at radius 3 is 1.26 bits per heavy atom. The van der Waals surface area contributed by atoms with Crippen LogP contribution in [0.3, 0.4) is 0 Å². The minimum atomic E-state index is -3.94. The van der Waals surface area contributed by atoms with Gasteiger partial charge in [0.15, 0.2) is 0 Å². The van der Waals surface area contributed by atoms with Crippen molar-refractivity contribution in [2.45, 2.75) is 192 Å². The van der Waals surface area contributed by atoms with E-state index in [1.807, 2.05) is 142 Å². The van der Waals surface area contributed by atoms with Crippen LogP contribution in [-0.4, -0.2) is 91.2 Å². The van der Waals surface area contributed by atoms with E-state index in [0.717, 1.165) is 67.6 Å². The minimum absolute atomic E-state index is 0.168. The Kier molecular flexibility index (Phi) is 21.5. The molecule has 10 rings (SSSR count). The molecule has 0 aliphatic rings. The third-order valence-electron chi connectivity index (χ3n) is 17.6. The highest BCUT2D eigenvalue weighted by atomic mass is 32.2. The van der Waals surface area contributed by atoms with E-state index >= 15 is 0 Å². The molecule has 0 saturated carbocycles. The second-order valence-corrected chi connectivity index (χ2v) is 49.2. The van der Waals surface area contributed by atoms with Crippen LogP contribution in [0.1, 0.15) is 123 Å². The number of imidazole rings is 2. The highest BCUT2D eigenvalue weighted by Crippen LogP contribution is 2.44. The van der Waals surface area contributed by atoms with Gasteiger partial charge in [-0.05, 0) is 215 Å². The predicted molar refractivity (Wildman–Crippen MR) is 402 cm³/mol. The zero-order valence-electron chi connectivity index (χ0n) is 60.3. The summed E-state index contributed by atoms with van der Waals surface area (Å²) in [4.78, 5) is 10.7. The third-order valence-corrected chi connectivity index (χ3v) is 27.8. The first-order valence-electron chi connectivity index (χ1n) is 32.8. The molecule has 0 aliphatic heterocycles. The second-order valence-electron chi connectivity index (χ2n) is 30.4. The number of nitrogens with zero attached hydrogens (tertiary/aromatic N) is 8. The van der Waals surface area contributed by atoms with Gasteiger partial charge in [0, 0.05) is 52.5 Å². The lowest BCUT2D eigenvalue weighted by Gasteiger charge is -2.35. The van der Waals surface area contributed by atoms with Gasteiger partial charge in [0.1, 0.15) is 36.2 Å². The van der Waals surface area contributed by atoms with Gasteiger partial charge in [0.25, 0.3) is 20.0 Å². The van der Waals surface area contributed by atoms with Gasteiger partial charge in [0.05, 0.1) is 97.6 Å². The molecule has 4 unspecified atom stereocenters. The molecule has 0 saturated heterocycles. The Morgan fingerprint density at radius 2 is 0.867 bits per heavy atom. The first-order valence-corrected chi connectivity index (χ1v) is 45.4. The summed E-state index contributed by atoms with van der Waals surface area (Å²) in [7, 11) is -13.8. The van der Waals surface area contributed by atoms with Crippen molar-refractivity contribution < 1.29 is 34.7 Å². The molecule has 0 aliphatic carbocycles. The van der Waals surface area contributed by atoms with Crippen LogP contribution in [0.25, 0.3) is 43.9 Å². The number of nitriles is 2. The zero-order chi connectivity index (χ0) is 72.2. The van der Waals surface area contributed by atoms with Crippen LogP contribution >= 0.6 is 0 Å². The van der Waals surface area contributed by atoms with Crippen molar-refractivity contribution in [2.75, 3.05) is 13.2 Å². The monoisotopic (exact) mass is 1430 g/mol. The number of rotatable bonds is 22. The molecule has 4 aromatic heterocycles. The van der Waals surface area contributed by atoms with Crippen molar-refractivity contribution in [2.24, 2.45) is 0 Å². The van der Waals surface area contributed by atoms with E-state index in [1.165, 1.54) is 7.94 Å². The highest BCUT2D eigenvalue weighted by Gasteiger charge is 2.44. The summed E-state index contributed by atoms with van der Waals surface area (Å²) in [5, 5.41) is 20.9. The molecule has 0 amide bonds. The van der Waals surface area contributed by atoms with E-state index < -0.39 is 78.7 Å². The van der Waals surface area contributed by atoms with E-state index in [0.29, 0.717) is 68.8 Å². The summed E-state index contributed by atoms with van der Waals surface area (Å²) in [5.41, 5.74) is 9.18. The molecule has 0 fully saturated rings. The van der Waals surface area contributed by atoms with Gasteiger partial charge < -0.3 is 18.6 Å². The summed E-state index contributed by atoms with van der Waals surface area (Å²) in [6.07, 6.45) is 3.19. The van der Waals surface area contributed by atoms with E-state index in [4.69, 9.17) is 19.4 Å². The van der Waals surface area contributed by atoms with Gasteiger partial charge in [-0.25, -0.2) is 52.6 Å². The number of ether oxygens (including phenoxy) is 2. The SMILES string of the molecule is Cc1ccc(S(=O)(=O)n2ccc3c(C(C)(NS(=O)C(C)(C)C)c4nc5cc(C#N)ccc5n4COCC[Si](C)(C)C)c(C)cc(C)c32)cc1.Cc1ccc(S(=O)(=O)n2ccc3c(C(C)(NS(=O)C(C)(C)C)c4nc5ccc(C#N)cc5n4COCC[Si](C)(C)C)c(C)cc(C)c32)cc1. The number of hydrogen-bond acceptors (Lipinski definition) is 12. The Hall–Kier alpha value is -7.21. The van der Waals surface area contributed by atoms with Crippen molar-refractivity contribution in [3.8, 4) is 12.1 Å². The van der Waals surface area contributed by atoms with E-state index in [2.05, 4.69) is 60.9 Å². The smallest absolute Gasteiger partial charge is 0.268 e. The lowest BCUT2D eigenvalue weighted by Crippen LogP contribution is -2.49. The molecular weight excluding hydrogens is 1340 g/mol. The molecule has 0 bridgehead atoms. The lowest BCUT2D eigenvalue weighted by molar-refractivity contribution is 0.0856. The average molecular weight is 1440 g/mol. The van der Waals surface area contributed by atoms with Gasteiger partial charge in [-0.2, -0.15) is 10.5 Å². The van der Waals surface area contributed by atoms with Crippen LogP contribution in [0, 0.1) is 64.2 Å². The molecule has 0 spiro atoms. The number of nitrogens with one attached hydrogen (secondary N) is 2. The van der Waals surface area contributed by atoms with Crippen molar-refractivity contribution >= 4 is 102 Å². The lowest BCUT2D eigenvalue weighted by atomic mass is 9.85. The van der Waals surface area contributed by atoms with E-state index in [-0.39, 0.29) is 23.3 Å². The fraction of sp³-hybridized carbons (Fsp3) is 0.405. The summed E-state index contributed by atoms with van der Waals surface area (Å²) in [5.74, 6) is 1.09. The normalized spacial score (nSPS) is 14.6. The molecule has 18 nitrogen and oxygen atoms in total. The fourth-order valence-corrected chi connectivity index (χ4v) is 18.4. The molecule has 0 radical (unpaired) electrons. The minimum Gasteiger partial charge on any atom is -0.361 e. The molecule has 24 heteroatoms. The maximum atomic E-state index is 14.1. The van der Waals surface area contributed by atoms with Gasteiger partial charge in [0.2, 0.25) is 0 Å². The molecule has 520 valence electrons. The Bertz CT molecular complexity index is 4870. The third kappa shape index (κ3) is 15.4. The van der Waals surface area contributed by atoms with Crippen LogP contribution in [0.4, 0.5) is 0 Å². The van der Waals surface area contributed by atoms with Crippen molar-refractivity contribution in [1.82, 2.24) is 36.5 Å². The zero-order valence-corrected chi connectivity index (χ0v) is 65.5.